The molecule has 2 heterocycles. The minimum atomic E-state index is 0.601. The van der Waals surface area contributed by atoms with E-state index in [1.807, 2.05) is 17.8 Å². The molecule has 0 spiro atoms. The second kappa shape index (κ2) is 5.58. The summed E-state index contributed by atoms with van der Waals surface area (Å²) in [5, 5.41) is 6.99. The topological polar surface area (TPSA) is 68.8 Å². The monoisotopic (exact) mass is 235 g/mol. The highest BCUT2D eigenvalue weighted by Gasteiger charge is 2.06. The first-order valence-electron chi connectivity index (χ1n) is 5.78. The third-order valence-electron chi connectivity index (χ3n) is 2.34. The predicted molar refractivity (Wildman–Crippen MR) is 62.4 cm³/mol. The Bertz CT molecular complexity index is 420. The summed E-state index contributed by atoms with van der Waals surface area (Å²) in [4.78, 5) is 8.57. The van der Waals surface area contributed by atoms with Gasteiger partial charge in [0.1, 0.15) is 0 Å². The van der Waals surface area contributed by atoms with Gasteiger partial charge in [-0.15, -0.1) is 0 Å². The molecule has 0 fully saturated rings. The first-order chi connectivity index (χ1) is 8.31. The molecule has 0 saturated carbocycles. The van der Waals surface area contributed by atoms with Crippen LogP contribution in [0.25, 0.3) is 0 Å². The van der Waals surface area contributed by atoms with E-state index in [0.717, 1.165) is 25.1 Å². The fourth-order valence-electron chi connectivity index (χ4n) is 1.60. The first kappa shape index (κ1) is 11.8. The van der Waals surface area contributed by atoms with E-state index in [1.54, 1.807) is 6.33 Å². The lowest BCUT2D eigenvalue weighted by Gasteiger charge is -1.95. The number of nitrogens with one attached hydrogen (secondary N) is 1. The van der Waals surface area contributed by atoms with Crippen molar-refractivity contribution in [2.45, 2.75) is 32.9 Å². The van der Waals surface area contributed by atoms with E-state index in [9.17, 15) is 0 Å². The molecule has 0 amide bonds. The Morgan fingerprint density at radius 2 is 2.35 bits per heavy atom. The van der Waals surface area contributed by atoms with Gasteiger partial charge in [-0.05, 0) is 13.5 Å². The largest absolute Gasteiger partial charge is 0.339 e. The maximum absolute atomic E-state index is 5.12. The van der Waals surface area contributed by atoms with Gasteiger partial charge >= 0.3 is 0 Å². The second-order valence-electron chi connectivity index (χ2n) is 3.92. The molecule has 0 atom stereocenters. The van der Waals surface area contributed by atoms with Gasteiger partial charge in [-0.1, -0.05) is 12.1 Å². The van der Waals surface area contributed by atoms with Crippen molar-refractivity contribution < 1.29 is 4.52 Å². The van der Waals surface area contributed by atoms with E-state index in [-0.39, 0.29) is 0 Å². The van der Waals surface area contributed by atoms with Crippen molar-refractivity contribution in [3.8, 4) is 0 Å². The number of imidazole rings is 1. The fraction of sp³-hybridized carbons (Fsp3) is 0.545. The molecule has 0 radical (unpaired) electrons. The number of rotatable bonds is 6. The molecule has 1 N–H and O–H groups in total. The third kappa shape index (κ3) is 3.13. The van der Waals surface area contributed by atoms with Crippen LogP contribution in [0.15, 0.2) is 17.0 Å². The number of hydrogen-bond acceptors (Lipinski definition) is 5. The fourth-order valence-corrected chi connectivity index (χ4v) is 1.60. The lowest BCUT2D eigenvalue weighted by Crippen LogP contribution is -2.05. The molecule has 17 heavy (non-hydrogen) atoms. The Hall–Kier alpha value is -1.69. The van der Waals surface area contributed by atoms with E-state index in [4.69, 9.17) is 4.52 Å². The lowest BCUT2D eigenvalue weighted by atomic mass is 10.3. The van der Waals surface area contributed by atoms with Crippen LogP contribution in [0.1, 0.15) is 30.8 Å². The number of aryl methyl sites for hydroxylation is 1. The molecule has 92 valence electrons. The van der Waals surface area contributed by atoms with Crippen molar-refractivity contribution >= 4 is 0 Å². The average molecular weight is 235 g/mol. The second-order valence-corrected chi connectivity index (χ2v) is 3.92. The Labute approximate surface area is 100 Å². The molecule has 2 rings (SSSR count). The molecule has 2 aromatic rings. The lowest BCUT2D eigenvalue weighted by molar-refractivity contribution is 0.371. The Morgan fingerprint density at radius 1 is 1.47 bits per heavy atom. The summed E-state index contributed by atoms with van der Waals surface area (Å²) in [6.45, 7) is 3.45. The van der Waals surface area contributed by atoms with Crippen LogP contribution in [0, 0.1) is 0 Å². The van der Waals surface area contributed by atoms with Crippen LogP contribution >= 0.6 is 0 Å². The SMILES string of the molecule is CCCc1nc(Cn2cnc(CNC)c2)no1. The third-order valence-corrected chi connectivity index (χ3v) is 2.34. The van der Waals surface area contributed by atoms with Crippen LogP contribution in [-0.2, 0) is 19.5 Å². The molecule has 6 nitrogen and oxygen atoms in total. The maximum atomic E-state index is 5.12. The molecule has 0 unspecified atom stereocenters. The van der Waals surface area contributed by atoms with Gasteiger partial charge in [0.25, 0.3) is 0 Å². The number of nitrogens with zero attached hydrogens (tertiary/aromatic N) is 4. The quantitative estimate of drug-likeness (QED) is 0.808. The summed E-state index contributed by atoms with van der Waals surface area (Å²) >= 11 is 0. The molecule has 2 aromatic heterocycles. The van der Waals surface area contributed by atoms with Crippen molar-refractivity contribution in [1.82, 2.24) is 25.0 Å². The van der Waals surface area contributed by atoms with Crippen molar-refractivity contribution in [3.63, 3.8) is 0 Å². The van der Waals surface area contributed by atoms with Crippen LogP contribution in [0.3, 0.4) is 0 Å². The Balaban J connectivity index is 1.98. The molecule has 0 aromatic carbocycles. The number of hydrogen-bond donors (Lipinski definition) is 1. The van der Waals surface area contributed by atoms with Crippen molar-refractivity contribution in [2.75, 3.05) is 7.05 Å². The minimum absolute atomic E-state index is 0.601. The zero-order valence-corrected chi connectivity index (χ0v) is 10.2. The first-order valence-corrected chi connectivity index (χ1v) is 5.78. The average Bonchev–Trinajstić information content (AvgIpc) is 2.91. The van der Waals surface area contributed by atoms with Crippen molar-refractivity contribution in [2.24, 2.45) is 0 Å². The van der Waals surface area contributed by atoms with E-state index < -0.39 is 0 Å². The summed E-state index contributed by atoms with van der Waals surface area (Å²) < 4.78 is 7.08. The van der Waals surface area contributed by atoms with Gasteiger partial charge in [-0.25, -0.2) is 4.98 Å². The molecule has 0 aliphatic rings. The standard InChI is InChI=1S/C11H17N5O/c1-3-4-11-14-10(15-17-11)7-16-6-9(5-12-2)13-8-16/h6,8,12H,3-5,7H2,1-2H3. The summed E-state index contributed by atoms with van der Waals surface area (Å²) in [6, 6.07) is 0. The van der Waals surface area contributed by atoms with Crippen molar-refractivity contribution in [1.29, 1.82) is 0 Å². The highest BCUT2D eigenvalue weighted by atomic mass is 16.5. The summed E-state index contributed by atoms with van der Waals surface area (Å²) in [5.74, 6) is 1.40. The highest BCUT2D eigenvalue weighted by molar-refractivity contribution is 4.98. The van der Waals surface area contributed by atoms with Crippen LogP contribution in [0.2, 0.25) is 0 Å². The minimum Gasteiger partial charge on any atom is -0.339 e. The molecule has 6 heteroatoms. The highest BCUT2D eigenvalue weighted by Crippen LogP contribution is 2.03. The molecular weight excluding hydrogens is 218 g/mol. The van der Waals surface area contributed by atoms with E-state index in [1.165, 1.54) is 0 Å². The van der Waals surface area contributed by atoms with E-state index >= 15 is 0 Å². The zero-order chi connectivity index (χ0) is 12.1. The van der Waals surface area contributed by atoms with E-state index in [0.29, 0.717) is 18.3 Å². The summed E-state index contributed by atoms with van der Waals surface area (Å²) in [5.41, 5.74) is 1.00. The summed E-state index contributed by atoms with van der Waals surface area (Å²) in [7, 11) is 1.90. The Morgan fingerprint density at radius 3 is 3.12 bits per heavy atom. The number of aromatic nitrogens is 4. The molecule has 0 aliphatic heterocycles. The van der Waals surface area contributed by atoms with Gasteiger partial charge in [0.2, 0.25) is 5.89 Å². The predicted octanol–water partition coefficient (Wildman–Crippen LogP) is 0.986. The zero-order valence-electron chi connectivity index (χ0n) is 10.2. The Kier molecular flexibility index (Phi) is 3.87. The maximum Gasteiger partial charge on any atom is 0.226 e. The smallest absolute Gasteiger partial charge is 0.226 e. The summed E-state index contributed by atoms with van der Waals surface area (Å²) in [6.07, 6.45) is 5.61. The van der Waals surface area contributed by atoms with Gasteiger partial charge in [0.05, 0.1) is 18.6 Å². The van der Waals surface area contributed by atoms with Gasteiger partial charge in [0, 0.05) is 19.2 Å². The molecule has 0 aliphatic carbocycles. The van der Waals surface area contributed by atoms with Crippen LogP contribution in [0.5, 0.6) is 0 Å². The molecular formula is C11H17N5O. The molecule has 0 saturated heterocycles. The van der Waals surface area contributed by atoms with E-state index in [2.05, 4.69) is 27.4 Å². The molecule has 0 bridgehead atoms. The van der Waals surface area contributed by atoms with Crippen molar-refractivity contribution in [3.05, 3.63) is 29.9 Å². The van der Waals surface area contributed by atoms with Gasteiger partial charge in [0.15, 0.2) is 5.82 Å². The van der Waals surface area contributed by atoms with Gasteiger partial charge in [-0.2, -0.15) is 4.98 Å². The van der Waals surface area contributed by atoms with Crippen LogP contribution in [-0.4, -0.2) is 26.7 Å². The van der Waals surface area contributed by atoms with Gasteiger partial charge < -0.3 is 14.4 Å². The van der Waals surface area contributed by atoms with Crippen LogP contribution < -0.4 is 5.32 Å². The normalized spacial score (nSPS) is 10.9. The van der Waals surface area contributed by atoms with Crippen LogP contribution in [0.4, 0.5) is 0 Å². The van der Waals surface area contributed by atoms with Gasteiger partial charge in [-0.3, -0.25) is 0 Å².